The van der Waals surface area contributed by atoms with Crippen LogP contribution in [-0.4, -0.2) is 22.1 Å². The number of nitrogens with zero attached hydrogens (tertiary/aromatic N) is 2. The fourth-order valence-corrected chi connectivity index (χ4v) is 2.99. The number of nitrogens with one attached hydrogen (secondary N) is 1. The van der Waals surface area contributed by atoms with Crippen LogP contribution >= 0.6 is 11.3 Å². The van der Waals surface area contributed by atoms with E-state index in [1.165, 1.54) is 4.88 Å². The van der Waals surface area contributed by atoms with Crippen molar-refractivity contribution in [1.29, 1.82) is 0 Å². The number of benzene rings is 1. The molecule has 1 aromatic carbocycles. The number of rotatable bonds is 8. The lowest BCUT2D eigenvalue weighted by atomic mass is 10.2. The van der Waals surface area contributed by atoms with E-state index in [2.05, 4.69) is 10.3 Å². The van der Waals surface area contributed by atoms with E-state index in [1.807, 2.05) is 52.5 Å². The Morgan fingerprint density at radius 3 is 2.96 bits per heavy atom. The topological polar surface area (TPSA) is 56.1 Å². The van der Waals surface area contributed by atoms with Gasteiger partial charge in [-0.2, -0.15) is 0 Å². The molecule has 0 unspecified atom stereocenters. The van der Waals surface area contributed by atoms with Gasteiger partial charge in [0.2, 0.25) is 5.91 Å². The molecule has 3 aromatic rings. The van der Waals surface area contributed by atoms with Crippen molar-refractivity contribution in [2.24, 2.45) is 0 Å². The predicted molar refractivity (Wildman–Crippen MR) is 95.4 cm³/mol. The molecule has 0 fully saturated rings. The lowest BCUT2D eigenvalue weighted by Gasteiger charge is -2.12. The lowest BCUT2D eigenvalue weighted by Crippen LogP contribution is -2.14. The maximum absolute atomic E-state index is 12.1. The molecule has 3 rings (SSSR count). The third kappa shape index (κ3) is 4.70. The molecule has 0 aliphatic rings. The molecular weight excluding hydrogens is 322 g/mol. The van der Waals surface area contributed by atoms with Crippen molar-refractivity contribution in [3.05, 3.63) is 65.4 Å². The molecule has 0 aliphatic heterocycles. The van der Waals surface area contributed by atoms with E-state index in [0.717, 1.165) is 6.42 Å². The van der Waals surface area contributed by atoms with E-state index in [4.69, 9.17) is 4.74 Å². The minimum absolute atomic E-state index is 0.00550. The summed E-state index contributed by atoms with van der Waals surface area (Å²) >= 11 is 1.67. The summed E-state index contributed by atoms with van der Waals surface area (Å²) < 4.78 is 7.75. The Morgan fingerprint density at radius 2 is 2.17 bits per heavy atom. The first kappa shape index (κ1) is 16.3. The first-order valence-electron chi connectivity index (χ1n) is 7.81. The normalized spacial score (nSPS) is 10.5. The van der Waals surface area contributed by atoms with E-state index in [9.17, 15) is 4.79 Å². The molecule has 1 N–H and O–H groups in total. The molecule has 24 heavy (non-hydrogen) atoms. The summed E-state index contributed by atoms with van der Waals surface area (Å²) in [4.78, 5) is 17.4. The maximum atomic E-state index is 12.1. The third-order valence-electron chi connectivity index (χ3n) is 3.51. The molecule has 0 saturated heterocycles. The minimum Gasteiger partial charge on any atom is -0.490 e. The first-order valence-corrected chi connectivity index (χ1v) is 8.69. The molecule has 2 aromatic heterocycles. The summed E-state index contributed by atoms with van der Waals surface area (Å²) in [5.74, 6) is 0.677. The van der Waals surface area contributed by atoms with Crippen molar-refractivity contribution in [2.75, 3.05) is 11.9 Å². The smallest absolute Gasteiger partial charge is 0.224 e. The maximum Gasteiger partial charge on any atom is 0.224 e. The summed E-state index contributed by atoms with van der Waals surface area (Å²) in [6.07, 6.45) is 6.60. The van der Waals surface area contributed by atoms with Crippen molar-refractivity contribution in [1.82, 2.24) is 9.55 Å². The van der Waals surface area contributed by atoms with Crippen LogP contribution in [0.1, 0.15) is 11.3 Å². The van der Waals surface area contributed by atoms with Crippen molar-refractivity contribution in [3.63, 3.8) is 0 Å². The Kier molecular flexibility index (Phi) is 5.63. The van der Waals surface area contributed by atoms with Crippen LogP contribution in [0.5, 0.6) is 5.75 Å². The van der Waals surface area contributed by atoms with Gasteiger partial charge in [0.1, 0.15) is 12.4 Å². The minimum atomic E-state index is -0.00550. The number of aryl methyl sites for hydroxylation is 1. The molecule has 0 bridgehead atoms. The van der Waals surface area contributed by atoms with Crippen LogP contribution in [0.25, 0.3) is 0 Å². The fraction of sp³-hybridized carbons (Fsp3) is 0.222. The SMILES string of the molecule is O=C(CCc1cccs1)Nc1ccccc1OCCn1ccnc1. The van der Waals surface area contributed by atoms with Crippen LogP contribution < -0.4 is 10.1 Å². The van der Waals surface area contributed by atoms with E-state index >= 15 is 0 Å². The van der Waals surface area contributed by atoms with Gasteiger partial charge < -0.3 is 14.6 Å². The fourth-order valence-electron chi connectivity index (χ4n) is 2.28. The third-order valence-corrected chi connectivity index (χ3v) is 4.44. The highest BCUT2D eigenvalue weighted by Crippen LogP contribution is 2.24. The molecule has 6 heteroatoms. The Bertz CT molecular complexity index is 754. The quantitative estimate of drug-likeness (QED) is 0.681. The average molecular weight is 341 g/mol. The Labute approximate surface area is 144 Å². The largest absolute Gasteiger partial charge is 0.490 e. The molecule has 124 valence electrons. The molecule has 0 spiro atoms. The molecule has 5 nitrogen and oxygen atoms in total. The van der Waals surface area contributed by atoms with Gasteiger partial charge in [-0.3, -0.25) is 4.79 Å². The molecule has 1 amide bonds. The number of carbonyl (C=O) groups excluding carboxylic acids is 1. The monoisotopic (exact) mass is 341 g/mol. The molecule has 2 heterocycles. The van der Waals surface area contributed by atoms with Gasteiger partial charge in [-0.05, 0) is 30.0 Å². The van der Waals surface area contributed by atoms with Crippen LogP contribution in [0, 0.1) is 0 Å². The van der Waals surface area contributed by atoms with Gasteiger partial charge in [-0.1, -0.05) is 18.2 Å². The Hall–Kier alpha value is -2.60. The first-order chi connectivity index (χ1) is 11.8. The van der Waals surface area contributed by atoms with Crippen molar-refractivity contribution < 1.29 is 9.53 Å². The van der Waals surface area contributed by atoms with Gasteiger partial charge in [-0.15, -0.1) is 11.3 Å². The highest BCUT2D eigenvalue weighted by Gasteiger charge is 2.08. The summed E-state index contributed by atoms with van der Waals surface area (Å²) in [5.41, 5.74) is 0.708. The van der Waals surface area contributed by atoms with Crippen LogP contribution in [0.4, 0.5) is 5.69 Å². The second-order valence-electron chi connectivity index (χ2n) is 5.27. The number of para-hydroxylation sites is 2. The highest BCUT2D eigenvalue weighted by molar-refractivity contribution is 7.09. The second kappa shape index (κ2) is 8.31. The van der Waals surface area contributed by atoms with Crippen LogP contribution in [0.2, 0.25) is 0 Å². The highest BCUT2D eigenvalue weighted by atomic mass is 32.1. The Morgan fingerprint density at radius 1 is 1.25 bits per heavy atom. The van der Waals surface area contributed by atoms with Crippen LogP contribution in [0.15, 0.2) is 60.5 Å². The predicted octanol–water partition coefficient (Wildman–Crippen LogP) is 3.59. The number of carbonyl (C=O) groups is 1. The van der Waals surface area contributed by atoms with Crippen LogP contribution in [-0.2, 0) is 17.8 Å². The lowest BCUT2D eigenvalue weighted by molar-refractivity contribution is -0.116. The number of thiophene rings is 1. The van der Waals surface area contributed by atoms with Gasteiger partial charge in [0, 0.05) is 23.7 Å². The van der Waals surface area contributed by atoms with Gasteiger partial charge in [0.25, 0.3) is 0 Å². The molecule has 0 radical (unpaired) electrons. The second-order valence-corrected chi connectivity index (χ2v) is 6.30. The number of imidazole rings is 1. The standard InChI is InChI=1S/C18H19N3O2S/c22-18(8-7-15-4-3-13-24-15)20-16-5-1-2-6-17(16)23-12-11-21-10-9-19-14-21/h1-6,9-10,13-14H,7-8,11-12H2,(H,20,22). The zero-order chi connectivity index (χ0) is 16.6. The number of anilines is 1. The van der Waals surface area contributed by atoms with E-state index in [0.29, 0.717) is 31.0 Å². The van der Waals surface area contributed by atoms with Gasteiger partial charge >= 0.3 is 0 Å². The van der Waals surface area contributed by atoms with Crippen LogP contribution in [0.3, 0.4) is 0 Å². The van der Waals surface area contributed by atoms with Crippen molar-refractivity contribution in [2.45, 2.75) is 19.4 Å². The molecule has 0 aliphatic carbocycles. The van der Waals surface area contributed by atoms with Crippen molar-refractivity contribution >= 4 is 22.9 Å². The summed E-state index contributed by atoms with van der Waals surface area (Å²) in [7, 11) is 0. The Balaban J connectivity index is 1.52. The summed E-state index contributed by atoms with van der Waals surface area (Å²) in [6, 6.07) is 11.6. The van der Waals surface area contributed by atoms with E-state index in [-0.39, 0.29) is 5.91 Å². The molecular formula is C18H19N3O2S. The number of hydrogen-bond acceptors (Lipinski definition) is 4. The zero-order valence-corrected chi connectivity index (χ0v) is 14.0. The number of aromatic nitrogens is 2. The summed E-state index contributed by atoms with van der Waals surface area (Å²) in [5, 5.41) is 4.96. The molecule has 0 saturated carbocycles. The number of ether oxygens (including phenoxy) is 1. The van der Waals surface area contributed by atoms with Gasteiger partial charge in [0.05, 0.1) is 18.6 Å². The molecule has 0 atom stereocenters. The van der Waals surface area contributed by atoms with Crippen molar-refractivity contribution in [3.8, 4) is 5.75 Å². The number of amides is 1. The van der Waals surface area contributed by atoms with E-state index < -0.39 is 0 Å². The average Bonchev–Trinajstić information content (AvgIpc) is 3.28. The number of hydrogen-bond donors (Lipinski definition) is 1. The summed E-state index contributed by atoms with van der Waals surface area (Å²) in [6.45, 7) is 1.22. The van der Waals surface area contributed by atoms with Gasteiger partial charge in [-0.25, -0.2) is 4.98 Å². The van der Waals surface area contributed by atoms with E-state index in [1.54, 1.807) is 23.9 Å². The zero-order valence-electron chi connectivity index (χ0n) is 13.2. The van der Waals surface area contributed by atoms with Gasteiger partial charge in [0.15, 0.2) is 0 Å².